The van der Waals surface area contributed by atoms with Gasteiger partial charge >= 0.3 is 5.97 Å². The van der Waals surface area contributed by atoms with Crippen LogP contribution < -0.4 is 9.47 Å². The van der Waals surface area contributed by atoms with E-state index in [2.05, 4.69) is 10.1 Å². The number of carbonyl (C=O) groups excluding carboxylic acids is 2. The maximum absolute atomic E-state index is 13.1. The van der Waals surface area contributed by atoms with Crippen LogP contribution in [0, 0.1) is 19.7 Å². The first-order chi connectivity index (χ1) is 16.3. The molecular weight excluding hydrogens is 437 g/mol. The van der Waals surface area contributed by atoms with E-state index in [0.717, 1.165) is 27.9 Å². The molecule has 0 amide bonds. The predicted molar refractivity (Wildman–Crippen MR) is 125 cm³/mol. The number of ether oxygens (including phenoxy) is 2. The molecule has 2 heterocycles. The molecule has 0 aliphatic heterocycles. The highest BCUT2D eigenvalue weighted by atomic mass is 19.1. The van der Waals surface area contributed by atoms with E-state index in [1.54, 1.807) is 36.1 Å². The van der Waals surface area contributed by atoms with Gasteiger partial charge in [0, 0.05) is 23.9 Å². The molecule has 0 saturated carbocycles. The van der Waals surface area contributed by atoms with Crippen molar-refractivity contribution in [3.63, 3.8) is 0 Å². The third-order valence-electron chi connectivity index (χ3n) is 5.75. The zero-order valence-electron chi connectivity index (χ0n) is 19.4. The summed E-state index contributed by atoms with van der Waals surface area (Å²) in [5.74, 6) is -0.190. The Morgan fingerprint density at radius 1 is 1.00 bits per heavy atom. The van der Waals surface area contributed by atoms with E-state index in [-0.39, 0.29) is 12.2 Å². The maximum Gasteiger partial charge on any atom is 0.311 e. The maximum atomic E-state index is 13.1. The Kier molecular flexibility index (Phi) is 6.40. The monoisotopic (exact) mass is 461 g/mol. The van der Waals surface area contributed by atoms with Gasteiger partial charge in [0.25, 0.3) is 0 Å². The standard InChI is InChI=1S/C26H24FN3O4/c1-15-21(16(2)28-25-23(15)26(33-4)29-30(25)3)13-14-22(31)34-20-11-7-18(8-12-20)24(32)17-5-9-19(27)10-6-17/h5-12H,13-14H2,1-4H3. The Morgan fingerprint density at radius 3 is 2.24 bits per heavy atom. The quantitative estimate of drug-likeness (QED) is 0.229. The van der Waals surface area contributed by atoms with Gasteiger partial charge in [0.15, 0.2) is 11.4 Å². The summed E-state index contributed by atoms with van der Waals surface area (Å²) in [5.41, 5.74) is 4.29. The molecule has 0 bridgehead atoms. The molecule has 0 saturated heterocycles. The third kappa shape index (κ3) is 4.52. The van der Waals surface area contributed by atoms with Crippen molar-refractivity contribution in [1.82, 2.24) is 14.8 Å². The number of aromatic nitrogens is 3. The molecular formula is C26H24FN3O4. The van der Waals surface area contributed by atoms with Crippen molar-refractivity contribution >= 4 is 22.8 Å². The summed E-state index contributed by atoms with van der Waals surface area (Å²) in [6.45, 7) is 3.88. The van der Waals surface area contributed by atoms with E-state index in [0.29, 0.717) is 29.2 Å². The van der Waals surface area contributed by atoms with E-state index in [4.69, 9.17) is 9.47 Å². The lowest BCUT2D eigenvalue weighted by Gasteiger charge is -2.11. The molecule has 2 aromatic carbocycles. The zero-order chi connectivity index (χ0) is 24.4. The number of hydrogen-bond acceptors (Lipinski definition) is 6. The Hall–Kier alpha value is -4.07. The van der Waals surface area contributed by atoms with E-state index in [9.17, 15) is 14.0 Å². The summed E-state index contributed by atoms with van der Waals surface area (Å²) in [5, 5.41) is 5.18. The van der Waals surface area contributed by atoms with Gasteiger partial charge in [0.2, 0.25) is 5.88 Å². The predicted octanol–water partition coefficient (Wildman–Crippen LogP) is 4.50. The largest absolute Gasteiger partial charge is 0.479 e. The Bertz CT molecular complexity index is 1380. The second-order valence-corrected chi connectivity index (χ2v) is 7.97. The highest BCUT2D eigenvalue weighted by Crippen LogP contribution is 2.30. The fourth-order valence-corrected chi connectivity index (χ4v) is 3.96. The minimum absolute atomic E-state index is 0.160. The van der Waals surface area contributed by atoms with Gasteiger partial charge in [-0.05, 0) is 79.9 Å². The molecule has 174 valence electrons. The highest BCUT2D eigenvalue weighted by molar-refractivity contribution is 6.09. The second kappa shape index (κ2) is 9.43. The first-order valence-electron chi connectivity index (χ1n) is 10.8. The first-order valence-corrected chi connectivity index (χ1v) is 10.8. The topological polar surface area (TPSA) is 83.3 Å². The molecule has 2 aromatic heterocycles. The molecule has 4 aromatic rings. The van der Waals surface area contributed by atoms with E-state index in [1.165, 1.54) is 24.3 Å². The van der Waals surface area contributed by atoms with E-state index >= 15 is 0 Å². The molecule has 0 aliphatic rings. The van der Waals surface area contributed by atoms with E-state index < -0.39 is 11.8 Å². The van der Waals surface area contributed by atoms with Crippen molar-refractivity contribution in [3.05, 3.63) is 82.3 Å². The van der Waals surface area contributed by atoms with Crippen molar-refractivity contribution in [2.45, 2.75) is 26.7 Å². The van der Waals surface area contributed by atoms with Gasteiger partial charge < -0.3 is 9.47 Å². The number of hydrogen-bond donors (Lipinski definition) is 0. The number of fused-ring (bicyclic) bond motifs is 1. The van der Waals surface area contributed by atoms with Gasteiger partial charge in [-0.3, -0.25) is 9.59 Å². The molecule has 0 atom stereocenters. The van der Waals surface area contributed by atoms with Crippen LogP contribution in [0.15, 0.2) is 48.5 Å². The lowest BCUT2D eigenvalue weighted by Crippen LogP contribution is -2.11. The smallest absolute Gasteiger partial charge is 0.311 e. The molecule has 0 unspecified atom stereocenters. The number of pyridine rings is 1. The number of aryl methyl sites for hydroxylation is 3. The number of ketones is 1. The Balaban J connectivity index is 1.43. The van der Waals surface area contributed by atoms with E-state index in [1.807, 2.05) is 20.9 Å². The third-order valence-corrected chi connectivity index (χ3v) is 5.75. The molecule has 8 heteroatoms. The van der Waals surface area contributed by atoms with Crippen LogP contribution in [0.3, 0.4) is 0 Å². The van der Waals surface area contributed by atoms with Crippen molar-refractivity contribution < 1.29 is 23.5 Å². The van der Waals surface area contributed by atoms with Crippen molar-refractivity contribution in [1.29, 1.82) is 0 Å². The van der Waals surface area contributed by atoms with Gasteiger partial charge in [-0.15, -0.1) is 5.10 Å². The van der Waals surface area contributed by atoms with Gasteiger partial charge in [-0.1, -0.05) is 0 Å². The van der Waals surface area contributed by atoms with Crippen LogP contribution in [0.2, 0.25) is 0 Å². The average molecular weight is 461 g/mol. The van der Waals surface area contributed by atoms with Gasteiger partial charge in [0.05, 0.1) is 18.9 Å². The molecule has 34 heavy (non-hydrogen) atoms. The summed E-state index contributed by atoms with van der Waals surface area (Å²) in [6.07, 6.45) is 0.617. The number of nitrogens with zero attached hydrogens (tertiary/aromatic N) is 3. The molecule has 0 fully saturated rings. The second-order valence-electron chi connectivity index (χ2n) is 7.97. The van der Waals surface area contributed by atoms with Crippen LogP contribution >= 0.6 is 0 Å². The van der Waals surface area contributed by atoms with Gasteiger partial charge in [-0.2, -0.15) is 0 Å². The first kappa shape index (κ1) is 23.1. The van der Waals surface area contributed by atoms with Crippen molar-refractivity contribution in [2.24, 2.45) is 7.05 Å². The molecule has 0 spiro atoms. The summed E-state index contributed by atoms with van der Waals surface area (Å²) in [7, 11) is 3.38. The van der Waals surface area contributed by atoms with Crippen LogP contribution in [0.5, 0.6) is 11.6 Å². The Labute approximate surface area is 196 Å². The summed E-state index contributed by atoms with van der Waals surface area (Å²) in [6, 6.07) is 11.6. The average Bonchev–Trinajstić information content (AvgIpc) is 3.15. The number of halogens is 1. The van der Waals surface area contributed by atoms with Gasteiger partial charge in [0.1, 0.15) is 11.6 Å². The number of carbonyl (C=O) groups is 2. The zero-order valence-corrected chi connectivity index (χ0v) is 19.4. The van der Waals surface area contributed by atoms with Crippen LogP contribution in [-0.2, 0) is 18.3 Å². The molecule has 0 radical (unpaired) electrons. The number of benzene rings is 2. The number of rotatable bonds is 7. The van der Waals surface area contributed by atoms with Crippen molar-refractivity contribution in [3.8, 4) is 11.6 Å². The fourth-order valence-electron chi connectivity index (χ4n) is 3.96. The highest BCUT2D eigenvalue weighted by Gasteiger charge is 2.19. The minimum Gasteiger partial charge on any atom is -0.479 e. The molecule has 0 N–H and O–H groups in total. The van der Waals surface area contributed by atoms with Gasteiger partial charge in [-0.25, -0.2) is 14.1 Å². The molecule has 0 aliphatic carbocycles. The van der Waals surface area contributed by atoms with Crippen molar-refractivity contribution in [2.75, 3.05) is 7.11 Å². The van der Waals surface area contributed by atoms with Crippen LogP contribution in [0.4, 0.5) is 4.39 Å². The lowest BCUT2D eigenvalue weighted by molar-refractivity contribution is -0.134. The lowest BCUT2D eigenvalue weighted by atomic mass is 10.0. The number of methoxy groups -OCH3 is 1. The summed E-state index contributed by atoms with van der Waals surface area (Å²) >= 11 is 0. The summed E-state index contributed by atoms with van der Waals surface area (Å²) in [4.78, 5) is 29.6. The Morgan fingerprint density at radius 2 is 1.62 bits per heavy atom. The molecule has 4 rings (SSSR count). The minimum atomic E-state index is -0.403. The van der Waals surface area contributed by atoms with Crippen LogP contribution in [-0.4, -0.2) is 33.6 Å². The molecule has 7 nitrogen and oxygen atoms in total. The fraction of sp³-hybridized carbons (Fsp3) is 0.231. The SMILES string of the molecule is COc1nn(C)c2nc(C)c(CCC(=O)Oc3ccc(C(=O)c4ccc(F)cc4)cc3)c(C)c12. The number of esters is 1. The van der Waals surface area contributed by atoms with Crippen LogP contribution in [0.25, 0.3) is 11.0 Å². The normalized spacial score (nSPS) is 11.0. The van der Waals surface area contributed by atoms with Crippen LogP contribution in [0.1, 0.15) is 39.2 Å². The summed E-state index contributed by atoms with van der Waals surface area (Å²) < 4.78 is 25.6.